The molecule has 2 N–H and O–H groups in total. The summed E-state index contributed by atoms with van der Waals surface area (Å²) >= 11 is 7.37. The molecule has 1 aliphatic heterocycles. The average Bonchev–Trinajstić information content (AvgIpc) is 3.50. The second-order valence-corrected chi connectivity index (χ2v) is 9.74. The number of nitrogens with one attached hydrogen (secondary N) is 2. The molecular weight excluding hydrogens is 530 g/mol. The summed E-state index contributed by atoms with van der Waals surface area (Å²) in [5.74, 6) is -0.919. The van der Waals surface area contributed by atoms with Crippen LogP contribution in [0.1, 0.15) is 44.8 Å². The van der Waals surface area contributed by atoms with Gasteiger partial charge >= 0.3 is 5.97 Å². The zero-order chi connectivity index (χ0) is 27.2. The number of thiazole rings is 1. The summed E-state index contributed by atoms with van der Waals surface area (Å²) in [7, 11) is 0. The standard InChI is InChI=1S/C25H26ClN7O4S/c1-4-10-37-18-13-33(9-6-16(18)31-23(34)20-15(11-27)19(26)14(3)30-20)25-32-21(17-12-28-7-8-29-17)22(38-25)24(35)36-5-2/h4,7-8,12,16,18,30H,1,5-6,9-10,13H2,2-3H3,(H,31,34)/t16-,18+/m1/s1. The number of hydrogen-bond acceptors (Lipinski definition) is 10. The van der Waals surface area contributed by atoms with E-state index in [2.05, 4.69) is 26.8 Å². The van der Waals surface area contributed by atoms with Crippen LogP contribution >= 0.6 is 22.9 Å². The minimum absolute atomic E-state index is 0.105. The molecule has 3 aromatic heterocycles. The highest BCUT2D eigenvalue weighted by Crippen LogP contribution is 2.34. The lowest BCUT2D eigenvalue weighted by Crippen LogP contribution is -2.55. The number of hydrogen-bond donors (Lipinski definition) is 2. The van der Waals surface area contributed by atoms with Gasteiger partial charge in [-0.2, -0.15) is 5.26 Å². The number of carbonyl (C=O) groups excluding carboxylic acids is 2. The number of nitriles is 1. The van der Waals surface area contributed by atoms with Gasteiger partial charge in [0.1, 0.15) is 33.6 Å². The van der Waals surface area contributed by atoms with Crippen molar-refractivity contribution in [2.45, 2.75) is 32.4 Å². The van der Waals surface area contributed by atoms with Gasteiger partial charge in [0.25, 0.3) is 5.91 Å². The van der Waals surface area contributed by atoms with E-state index in [9.17, 15) is 14.9 Å². The number of aromatic nitrogens is 4. The molecule has 1 aliphatic rings. The molecule has 0 radical (unpaired) electrons. The normalized spacial score (nSPS) is 17.1. The van der Waals surface area contributed by atoms with Crippen LogP contribution in [0.25, 0.3) is 11.4 Å². The summed E-state index contributed by atoms with van der Waals surface area (Å²) in [6.07, 6.45) is 6.36. The Morgan fingerprint density at radius 3 is 2.95 bits per heavy atom. The molecule has 1 fully saturated rings. The van der Waals surface area contributed by atoms with Gasteiger partial charge in [-0.3, -0.25) is 14.8 Å². The van der Waals surface area contributed by atoms with E-state index >= 15 is 0 Å². The van der Waals surface area contributed by atoms with Gasteiger partial charge in [0.15, 0.2) is 5.13 Å². The van der Waals surface area contributed by atoms with E-state index < -0.39 is 18.0 Å². The molecule has 0 aromatic carbocycles. The lowest BCUT2D eigenvalue weighted by atomic mass is 10.0. The number of esters is 1. The molecule has 0 spiro atoms. The first kappa shape index (κ1) is 27.3. The zero-order valence-electron chi connectivity index (χ0n) is 20.9. The molecule has 38 heavy (non-hydrogen) atoms. The molecule has 2 atom stereocenters. The molecule has 1 amide bonds. The molecule has 4 rings (SSSR count). The van der Waals surface area contributed by atoms with E-state index in [-0.39, 0.29) is 35.5 Å². The summed E-state index contributed by atoms with van der Waals surface area (Å²) in [6, 6.07) is 1.63. The van der Waals surface area contributed by atoms with Crippen LogP contribution in [-0.4, -0.2) is 70.3 Å². The van der Waals surface area contributed by atoms with Crippen LogP contribution in [-0.2, 0) is 9.47 Å². The van der Waals surface area contributed by atoms with Crippen LogP contribution < -0.4 is 10.2 Å². The van der Waals surface area contributed by atoms with Crippen LogP contribution in [0, 0.1) is 18.3 Å². The third kappa shape index (κ3) is 5.70. The Morgan fingerprint density at radius 1 is 1.45 bits per heavy atom. The number of aromatic amines is 1. The molecule has 0 saturated carbocycles. The summed E-state index contributed by atoms with van der Waals surface area (Å²) in [6.45, 7) is 8.59. The van der Waals surface area contributed by atoms with E-state index in [1.54, 1.807) is 32.3 Å². The van der Waals surface area contributed by atoms with Gasteiger partial charge in [-0.05, 0) is 20.3 Å². The van der Waals surface area contributed by atoms with Crippen LogP contribution in [0.4, 0.5) is 5.13 Å². The Bertz CT molecular complexity index is 1370. The molecule has 0 aliphatic carbocycles. The molecule has 1 saturated heterocycles. The first-order valence-corrected chi connectivity index (χ1v) is 13.1. The number of piperidine rings is 1. The molecule has 198 valence electrons. The van der Waals surface area contributed by atoms with Crippen LogP contribution in [0.5, 0.6) is 0 Å². The zero-order valence-corrected chi connectivity index (χ0v) is 22.4. The number of H-pyrrole nitrogens is 1. The summed E-state index contributed by atoms with van der Waals surface area (Å²) in [5, 5.41) is 13.3. The van der Waals surface area contributed by atoms with Gasteiger partial charge in [0.2, 0.25) is 0 Å². The molecule has 4 heterocycles. The van der Waals surface area contributed by atoms with Crippen molar-refractivity contribution >= 4 is 39.9 Å². The summed E-state index contributed by atoms with van der Waals surface area (Å²) in [5.41, 5.74) is 1.63. The van der Waals surface area contributed by atoms with Crippen molar-refractivity contribution in [2.24, 2.45) is 0 Å². The molecular formula is C25H26ClN7O4S. The maximum absolute atomic E-state index is 13.1. The van der Waals surface area contributed by atoms with E-state index in [1.165, 1.54) is 17.5 Å². The first-order chi connectivity index (χ1) is 18.4. The minimum atomic E-state index is -0.480. The van der Waals surface area contributed by atoms with Crippen molar-refractivity contribution in [3.05, 3.63) is 58.1 Å². The number of aryl methyl sites for hydroxylation is 1. The molecule has 3 aromatic rings. The lowest BCUT2D eigenvalue weighted by Gasteiger charge is -2.38. The second kappa shape index (κ2) is 12.2. The van der Waals surface area contributed by atoms with E-state index in [4.69, 9.17) is 26.1 Å². The SMILES string of the molecule is C=CCO[C@H]1CN(c2nc(-c3cnccn3)c(C(=O)OCC)s2)CC[C@H]1NC(=O)c1[nH]c(C)c(Cl)c1C#N. The largest absolute Gasteiger partial charge is 0.462 e. The maximum Gasteiger partial charge on any atom is 0.350 e. The predicted molar refractivity (Wildman–Crippen MR) is 142 cm³/mol. The molecule has 13 heteroatoms. The highest BCUT2D eigenvalue weighted by molar-refractivity contribution is 7.17. The Kier molecular flexibility index (Phi) is 8.73. The van der Waals surface area contributed by atoms with Crippen molar-refractivity contribution in [3.8, 4) is 17.5 Å². The molecule has 0 unspecified atom stereocenters. The highest BCUT2D eigenvalue weighted by atomic mass is 35.5. The van der Waals surface area contributed by atoms with Gasteiger partial charge < -0.3 is 24.7 Å². The fourth-order valence-electron chi connectivity index (χ4n) is 4.11. The Balaban J connectivity index is 1.57. The van der Waals surface area contributed by atoms with Crippen molar-refractivity contribution < 1.29 is 19.1 Å². The topological polar surface area (TPSA) is 146 Å². The number of ether oxygens (including phenoxy) is 2. The fourth-order valence-corrected chi connectivity index (χ4v) is 5.30. The van der Waals surface area contributed by atoms with Gasteiger partial charge in [-0.15, -0.1) is 6.58 Å². The molecule has 11 nitrogen and oxygen atoms in total. The number of nitrogens with zero attached hydrogens (tertiary/aromatic N) is 5. The quantitative estimate of drug-likeness (QED) is 0.299. The lowest BCUT2D eigenvalue weighted by molar-refractivity contribution is 0.0355. The van der Waals surface area contributed by atoms with E-state index in [0.29, 0.717) is 46.6 Å². The van der Waals surface area contributed by atoms with Crippen molar-refractivity contribution in [1.29, 1.82) is 5.26 Å². The summed E-state index contributed by atoms with van der Waals surface area (Å²) in [4.78, 5) is 44.1. The van der Waals surface area contributed by atoms with Crippen molar-refractivity contribution in [2.75, 3.05) is 31.2 Å². The van der Waals surface area contributed by atoms with Gasteiger partial charge in [0.05, 0.1) is 36.6 Å². The van der Waals surface area contributed by atoms with Crippen LogP contribution in [0.3, 0.4) is 0 Å². The highest BCUT2D eigenvalue weighted by Gasteiger charge is 2.34. The Morgan fingerprint density at radius 2 is 2.26 bits per heavy atom. The summed E-state index contributed by atoms with van der Waals surface area (Å²) < 4.78 is 11.3. The first-order valence-electron chi connectivity index (χ1n) is 11.9. The number of anilines is 1. The monoisotopic (exact) mass is 555 g/mol. The van der Waals surface area contributed by atoms with Gasteiger partial charge in [0, 0.05) is 31.2 Å². The minimum Gasteiger partial charge on any atom is -0.462 e. The number of amides is 1. The maximum atomic E-state index is 13.1. The van der Waals surface area contributed by atoms with Crippen LogP contribution in [0.2, 0.25) is 5.02 Å². The number of halogens is 1. The third-order valence-corrected chi connectivity index (χ3v) is 7.48. The van der Waals surface area contributed by atoms with E-state index in [0.717, 1.165) is 0 Å². The number of carbonyl (C=O) groups is 2. The van der Waals surface area contributed by atoms with Crippen molar-refractivity contribution in [1.82, 2.24) is 25.3 Å². The van der Waals surface area contributed by atoms with Crippen LogP contribution in [0.15, 0.2) is 31.2 Å². The third-order valence-electron chi connectivity index (χ3n) is 5.91. The fraction of sp³-hybridized carbons (Fsp3) is 0.360. The Hall–Kier alpha value is -3.79. The number of rotatable bonds is 9. The average molecular weight is 556 g/mol. The van der Waals surface area contributed by atoms with Crippen molar-refractivity contribution in [3.63, 3.8) is 0 Å². The predicted octanol–water partition coefficient (Wildman–Crippen LogP) is 3.52. The molecule has 0 bridgehead atoms. The van der Waals surface area contributed by atoms with E-state index in [1.807, 2.05) is 11.0 Å². The second-order valence-electron chi connectivity index (χ2n) is 8.39. The van der Waals surface area contributed by atoms with Gasteiger partial charge in [-0.25, -0.2) is 9.78 Å². The Labute approximate surface area is 228 Å². The smallest absolute Gasteiger partial charge is 0.350 e. The van der Waals surface area contributed by atoms with Gasteiger partial charge in [-0.1, -0.05) is 29.0 Å².